The number of anilines is 1. The zero-order valence-electron chi connectivity index (χ0n) is 10.9. The van der Waals surface area contributed by atoms with E-state index in [1.807, 2.05) is 20.8 Å². The topological polar surface area (TPSA) is 81.1 Å². The molecule has 0 unspecified atom stereocenters. The van der Waals surface area contributed by atoms with Gasteiger partial charge in [0.15, 0.2) is 9.84 Å². The van der Waals surface area contributed by atoms with Crippen LogP contribution in [0.15, 0.2) is 0 Å². The molecule has 1 aliphatic heterocycles. The Morgan fingerprint density at radius 2 is 1.94 bits per heavy atom. The highest BCUT2D eigenvalue weighted by Crippen LogP contribution is 2.34. The Balaban J connectivity index is 2.57. The van der Waals surface area contributed by atoms with Gasteiger partial charge < -0.3 is 5.32 Å². The summed E-state index contributed by atoms with van der Waals surface area (Å²) < 4.78 is 24.9. The molecular weight excluding hydrogens is 254 g/mol. The van der Waals surface area contributed by atoms with Crippen molar-refractivity contribution >= 4 is 21.6 Å². The molecule has 1 N–H and O–H groups in total. The predicted molar refractivity (Wildman–Crippen MR) is 67.9 cm³/mol. The van der Waals surface area contributed by atoms with Crippen molar-refractivity contribution in [1.82, 2.24) is 9.78 Å². The second kappa shape index (κ2) is 3.81. The highest BCUT2D eigenvalue weighted by Gasteiger charge is 2.34. The van der Waals surface area contributed by atoms with E-state index in [0.29, 0.717) is 17.1 Å². The van der Waals surface area contributed by atoms with E-state index in [1.54, 1.807) is 4.68 Å². The first-order valence-electron chi connectivity index (χ1n) is 5.69. The molecule has 100 valence electrons. The molecule has 0 spiro atoms. The zero-order chi connectivity index (χ0) is 13.7. The summed E-state index contributed by atoms with van der Waals surface area (Å²) in [5.74, 6) is 0.185. The largest absolute Gasteiger partial charge is 0.311 e. The van der Waals surface area contributed by atoms with Gasteiger partial charge in [0.05, 0.1) is 22.7 Å². The standard InChI is InChI=1S/C11H17N3O3S/c1-7(15)12-10-8-5-18(16,17)6-9(8)13-14(10)11(2,3)4/h5-6H2,1-4H3,(H,12,15). The van der Waals surface area contributed by atoms with Gasteiger partial charge in [-0.3, -0.25) is 4.79 Å². The zero-order valence-corrected chi connectivity index (χ0v) is 11.8. The van der Waals surface area contributed by atoms with Gasteiger partial charge in [-0.25, -0.2) is 13.1 Å². The molecule has 18 heavy (non-hydrogen) atoms. The lowest BCUT2D eigenvalue weighted by Gasteiger charge is -2.23. The quantitative estimate of drug-likeness (QED) is 0.827. The smallest absolute Gasteiger partial charge is 0.222 e. The van der Waals surface area contributed by atoms with Crippen LogP contribution in [0.3, 0.4) is 0 Å². The maximum absolute atomic E-state index is 11.6. The number of amides is 1. The fraction of sp³-hybridized carbons (Fsp3) is 0.636. The lowest BCUT2D eigenvalue weighted by atomic mass is 10.1. The maximum Gasteiger partial charge on any atom is 0.222 e. The van der Waals surface area contributed by atoms with E-state index in [9.17, 15) is 13.2 Å². The summed E-state index contributed by atoms with van der Waals surface area (Å²) in [6, 6.07) is 0. The van der Waals surface area contributed by atoms with Gasteiger partial charge in [0.2, 0.25) is 5.91 Å². The Kier molecular flexibility index (Phi) is 2.77. The first kappa shape index (κ1) is 13.1. The molecule has 0 atom stereocenters. The molecule has 1 aliphatic rings. The number of fused-ring (bicyclic) bond motifs is 1. The molecule has 6 nitrogen and oxygen atoms in total. The third kappa shape index (κ3) is 2.27. The molecule has 0 fully saturated rings. The summed E-state index contributed by atoms with van der Waals surface area (Å²) in [5, 5.41) is 7.03. The Bertz CT molecular complexity index is 608. The maximum atomic E-state index is 11.6. The molecule has 0 bridgehead atoms. The van der Waals surface area contributed by atoms with Crippen LogP contribution in [-0.2, 0) is 31.7 Å². The average Bonchev–Trinajstić information content (AvgIpc) is 2.58. The third-order valence-electron chi connectivity index (χ3n) is 2.72. The van der Waals surface area contributed by atoms with Crippen molar-refractivity contribution in [1.29, 1.82) is 0 Å². The van der Waals surface area contributed by atoms with E-state index in [4.69, 9.17) is 0 Å². The van der Waals surface area contributed by atoms with E-state index < -0.39 is 9.84 Å². The minimum atomic E-state index is -3.11. The minimum Gasteiger partial charge on any atom is -0.311 e. The molecule has 1 aromatic heterocycles. The number of sulfone groups is 1. The second-order valence-electron chi connectivity index (χ2n) is 5.57. The van der Waals surface area contributed by atoms with Crippen molar-refractivity contribution in [3.05, 3.63) is 11.3 Å². The van der Waals surface area contributed by atoms with Crippen LogP contribution >= 0.6 is 0 Å². The highest BCUT2D eigenvalue weighted by atomic mass is 32.2. The average molecular weight is 271 g/mol. The highest BCUT2D eigenvalue weighted by molar-refractivity contribution is 7.90. The van der Waals surface area contributed by atoms with Crippen LogP contribution < -0.4 is 5.32 Å². The molecule has 2 rings (SSSR count). The molecule has 0 saturated carbocycles. The first-order chi connectivity index (χ1) is 8.10. The van der Waals surface area contributed by atoms with Gasteiger partial charge in [-0.15, -0.1) is 0 Å². The molecular formula is C11H17N3O3S. The summed E-state index contributed by atoms with van der Waals surface area (Å²) in [6.07, 6.45) is 0. The van der Waals surface area contributed by atoms with Crippen molar-refractivity contribution < 1.29 is 13.2 Å². The molecule has 2 heterocycles. The van der Waals surface area contributed by atoms with Crippen LogP contribution in [0.5, 0.6) is 0 Å². The lowest BCUT2D eigenvalue weighted by molar-refractivity contribution is -0.114. The van der Waals surface area contributed by atoms with E-state index in [2.05, 4.69) is 10.4 Å². The summed E-state index contributed by atoms with van der Waals surface area (Å²) in [6.45, 7) is 7.26. The van der Waals surface area contributed by atoms with E-state index in [-0.39, 0.29) is 23.0 Å². The molecule has 0 aliphatic carbocycles. The van der Waals surface area contributed by atoms with Gasteiger partial charge in [-0.05, 0) is 20.8 Å². The van der Waals surface area contributed by atoms with Gasteiger partial charge >= 0.3 is 0 Å². The fourth-order valence-electron chi connectivity index (χ4n) is 2.02. The van der Waals surface area contributed by atoms with E-state index >= 15 is 0 Å². The number of hydrogen-bond acceptors (Lipinski definition) is 4. The molecule has 0 aromatic carbocycles. The Labute approximate surface area is 106 Å². The van der Waals surface area contributed by atoms with Crippen molar-refractivity contribution in [2.75, 3.05) is 5.32 Å². The summed E-state index contributed by atoms with van der Waals surface area (Å²) in [5.41, 5.74) is 0.861. The monoisotopic (exact) mass is 271 g/mol. The van der Waals surface area contributed by atoms with Crippen LogP contribution in [0.25, 0.3) is 0 Å². The van der Waals surface area contributed by atoms with Gasteiger partial charge in [0.1, 0.15) is 5.82 Å². The van der Waals surface area contributed by atoms with Crippen molar-refractivity contribution in [2.45, 2.75) is 44.7 Å². The SMILES string of the molecule is CC(=O)Nc1c2c(nn1C(C)(C)C)CS(=O)(=O)C2. The number of rotatable bonds is 1. The van der Waals surface area contributed by atoms with Crippen LogP contribution in [0.2, 0.25) is 0 Å². The molecule has 1 amide bonds. The van der Waals surface area contributed by atoms with Crippen LogP contribution in [0, 0.1) is 0 Å². The van der Waals surface area contributed by atoms with Crippen molar-refractivity contribution in [3.63, 3.8) is 0 Å². The van der Waals surface area contributed by atoms with E-state index in [1.165, 1.54) is 6.92 Å². The van der Waals surface area contributed by atoms with Gasteiger partial charge in [-0.1, -0.05) is 0 Å². The Morgan fingerprint density at radius 1 is 1.33 bits per heavy atom. The first-order valence-corrected chi connectivity index (χ1v) is 7.51. The second-order valence-corrected chi connectivity index (χ2v) is 7.63. The number of aromatic nitrogens is 2. The lowest BCUT2D eigenvalue weighted by Crippen LogP contribution is -2.27. The number of carbonyl (C=O) groups is 1. The third-order valence-corrected chi connectivity index (χ3v) is 4.16. The molecule has 0 saturated heterocycles. The number of nitrogens with zero attached hydrogens (tertiary/aromatic N) is 2. The van der Waals surface area contributed by atoms with Gasteiger partial charge in [0.25, 0.3) is 0 Å². The predicted octanol–water partition coefficient (Wildman–Crippen LogP) is 1.02. The van der Waals surface area contributed by atoms with Crippen molar-refractivity contribution in [2.24, 2.45) is 0 Å². The van der Waals surface area contributed by atoms with Crippen LogP contribution in [0.1, 0.15) is 39.0 Å². The number of carbonyl (C=O) groups excluding carboxylic acids is 1. The van der Waals surface area contributed by atoms with Crippen molar-refractivity contribution in [3.8, 4) is 0 Å². The van der Waals surface area contributed by atoms with Gasteiger partial charge in [0, 0.05) is 12.5 Å². The molecule has 7 heteroatoms. The molecule has 1 aromatic rings. The van der Waals surface area contributed by atoms with Crippen LogP contribution in [0.4, 0.5) is 5.82 Å². The minimum absolute atomic E-state index is 0.0437. The van der Waals surface area contributed by atoms with E-state index in [0.717, 1.165) is 0 Å². The Hall–Kier alpha value is -1.37. The summed E-state index contributed by atoms with van der Waals surface area (Å²) >= 11 is 0. The normalized spacial score (nSPS) is 17.6. The fourth-order valence-corrected chi connectivity index (χ4v) is 3.52. The number of hydrogen-bond donors (Lipinski definition) is 1. The number of nitrogens with one attached hydrogen (secondary N) is 1. The summed E-state index contributed by atoms with van der Waals surface area (Å²) in [7, 11) is -3.11. The van der Waals surface area contributed by atoms with Gasteiger partial charge in [-0.2, -0.15) is 5.10 Å². The molecule has 0 radical (unpaired) electrons. The summed E-state index contributed by atoms with van der Waals surface area (Å²) in [4.78, 5) is 11.2. The Morgan fingerprint density at radius 3 is 2.44 bits per heavy atom. The van der Waals surface area contributed by atoms with Crippen LogP contribution in [-0.4, -0.2) is 24.1 Å².